The minimum atomic E-state index is -3.55. The molecule has 0 heterocycles. The summed E-state index contributed by atoms with van der Waals surface area (Å²) in [6.07, 6.45) is 1.87. The predicted octanol–water partition coefficient (Wildman–Crippen LogP) is 1.51. The smallest absolute Gasteiger partial charge is 0.266 e. The number of nitrogens with one attached hydrogen (secondary N) is 2. The molecule has 0 saturated carbocycles. The molecule has 5 nitrogen and oxygen atoms in total. The minimum absolute atomic E-state index is 0.333. The summed E-state index contributed by atoms with van der Waals surface area (Å²) in [6.45, 7) is 4.65. The first-order chi connectivity index (χ1) is 8.33. The van der Waals surface area contributed by atoms with E-state index in [1.54, 1.807) is 12.1 Å². The summed E-state index contributed by atoms with van der Waals surface area (Å²) < 4.78 is 24.1. The Labute approximate surface area is 108 Å². The van der Waals surface area contributed by atoms with E-state index in [-0.39, 0.29) is 0 Å². The summed E-state index contributed by atoms with van der Waals surface area (Å²) >= 11 is 0. The molecule has 0 fully saturated rings. The van der Waals surface area contributed by atoms with E-state index in [0.29, 0.717) is 11.3 Å². The summed E-state index contributed by atoms with van der Waals surface area (Å²) in [5, 5.41) is 3.11. The molecule has 1 aromatic rings. The fourth-order valence-electron chi connectivity index (χ4n) is 1.49. The topological polar surface area (TPSA) is 75.3 Å². The first kappa shape index (κ1) is 14.5. The number of carbonyl (C=O) groups is 1. The molecule has 0 radical (unpaired) electrons. The van der Waals surface area contributed by atoms with Crippen molar-refractivity contribution in [3.05, 3.63) is 29.3 Å². The molecule has 0 saturated heterocycles. The highest BCUT2D eigenvalue weighted by molar-refractivity contribution is 7.89. The van der Waals surface area contributed by atoms with Crippen molar-refractivity contribution >= 4 is 21.6 Å². The molecule has 1 rings (SSSR count). The molecule has 0 bridgehead atoms. The van der Waals surface area contributed by atoms with Crippen molar-refractivity contribution in [2.75, 3.05) is 18.1 Å². The van der Waals surface area contributed by atoms with Crippen molar-refractivity contribution < 1.29 is 13.2 Å². The van der Waals surface area contributed by atoms with Gasteiger partial charge in [0, 0.05) is 12.2 Å². The molecule has 0 aliphatic rings. The van der Waals surface area contributed by atoms with E-state index in [9.17, 15) is 13.2 Å². The molecule has 0 aliphatic carbocycles. The monoisotopic (exact) mass is 270 g/mol. The number of carbonyl (C=O) groups excluding carboxylic acids is 1. The second-order valence-electron chi connectivity index (χ2n) is 4.18. The lowest BCUT2D eigenvalue weighted by atomic mass is 10.1. The zero-order valence-corrected chi connectivity index (χ0v) is 11.6. The molecular weight excluding hydrogens is 252 g/mol. The summed E-state index contributed by atoms with van der Waals surface area (Å²) in [6, 6.07) is 5.22. The van der Waals surface area contributed by atoms with Crippen LogP contribution in [0.1, 0.15) is 29.3 Å². The summed E-state index contributed by atoms with van der Waals surface area (Å²) in [5.74, 6) is -0.615. The second-order valence-corrected chi connectivity index (χ2v) is 5.93. The number of hydrogen-bond acceptors (Lipinski definition) is 4. The molecule has 0 unspecified atom stereocenters. The standard InChI is InChI=1S/C12H18N2O3S/c1-4-7-13-11-8-9(2)5-6-10(11)12(15)14-18(3,16)17/h5-6,8,13H,4,7H2,1-3H3,(H,14,15). The van der Waals surface area contributed by atoms with Crippen LogP contribution in [0.25, 0.3) is 0 Å². The molecule has 0 atom stereocenters. The zero-order valence-electron chi connectivity index (χ0n) is 10.8. The van der Waals surface area contributed by atoms with Gasteiger partial charge in [-0.15, -0.1) is 0 Å². The lowest BCUT2D eigenvalue weighted by Crippen LogP contribution is -2.30. The van der Waals surface area contributed by atoms with Crippen LogP contribution in [0.2, 0.25) is 0 Å². The first-order valence-corrected chi connectivity index (χ1v) is 7.59. The van der Waals surface area contributed by atoms with E-state index in [1.807, 2.05) is 24.6 Å². The van der Waals surface area contributed by atoms with Gasteiger partial charge in [0.05, 0.1) is 11.8 Å². The fraction of sp³-hybridized carbons (Fsp3) is 0.417. The summed E-state index contributed by atoms with van der Waals surface area (Å²) in [5.41, 5.74) is 1.99. The van der Waals surface area contributed by atoms with Crippen LogP contribution < -0.4 is 10.0 Å². The molecule has 0 aromatic heterocycles. The van der Waals surface area contributed by atoms with Crippen LogP contribution in [0.15, 0.2) is 18.2 Å². The van der Waals surface area contributed by atoms with E-state index in [0.717, 1.165) is 24.8 Å². The maximum atomic E-state index is 11.8. The van der Waals surface area contributed by atoms with Crippen molar-refractivity contribution in [2.45, 2.75) is 20.3 Å². The zero-order chi connectivity index (χ0) is 13.8. The van der Waals surface area contributed by atoms with Crippen LogP contribution in [-0.2, 0) is 10.0 Å². The van der Waals surface area contributed by atoms with E-state index >= 15 is 0 Å². The molecule has 2 N–H and O–H groups in total. The van der Waals surface area contributed by atoms with Gasteiger partial charge in [0.15, 0.2) is 0 Å². The van der Waals surface area contributed by atoms with Crippen LogP contribution in [0.4, 0.5) is 5.69 Å². The Bertz CT molecular complexity index is 538. The van der Waals surface area contributed by atoms with Crippen LogP contribution >= 0.6 is 0 Å². The third kappa shape index (κ3) is 4.37. The average molecular weight is 270 g/mol. The number of amides is 1. The van der Waals surface area contributed by atoms with E-state index in [4.69, 9.17) is 0 Å². The summed E-state index contributed by atoms with van der Waals surface area (Å²) in [4.78, 5) is 11.8. The average Bonchev–Trinajstić information content (AvgIpc) is 2.23. The Morgan fingerprint density at radius 3 is 2.56 bits per heavy atom. The third-order valence-electron chi connectivity index (χ3n) is 2.26. The Balaban J connectivity index is 3.03. The normalized spacial score (nSPS) is 11.1. The lowest BCUT2D eigenvalue weighted by Gasteiger charge is -2.12. The quantitative estimate of drug-likeness (QED) is 0.850. The highest BCUT2D eigenvalue weighted by Crippen LogP contribution is 2.17. The van der Waals surface area contributed by atoms with Crippen molar-refractivity contribution in [1.29, 1.82) is 0 Å². The third-order valence-corrected chi connectivity index (χ3v) is 2.82. The number of rotatable bonds is 5. The van der Waals surface area contributed by atoms with Gasteiger partial charge in [-0.1, -0.05) is 13.0 Å². The van der Waals surface area contributed by atoms with Gasteiger partial charge in [-0.2, -0.15) is 0 Å². The fourth-order valence-corrected chi connectivity index (χ4v) is 1.93. The lowest BCUT2D eigenvalue weighted by molar-refractivity contribution is 0.0982. The maximum absolute atomic E-state index is 11.8. The van der Waals surface area contributed by atoms with E-state index in [1.165, 1.54) is 0 Å². The number of sulfonamides is 1. The van der Waals surface area contributed by atoms with E-state index in [2.05, 4.69) is 5.32 Å². The minimum Gasteiger partial charge on any atom is -0.384 e. The van der Waals surface area contributed by atoms with E-state index < -0.39 is 15.9 Å². The highest BCUT2D eigenvalue weighted by atomic mass is 32.2. The Hall–Kier alpha value is -1.56. The van der Waals surface area contributed by atoms with Crippen LogP contribution in [0, 0.1) is 6.92 Å². The molecule has 0 spiro atoms. The van der Waals surface area contributed by atoms with Crippen LogP contribution in [-0.4, -0.2) is 27.1 Å². The molecular formula is C12H18N2O3S. The first-order valence-electron chi connectivity index (χ1n) is 5.70. The maximum Gasteiger partial charge on any atom is 0.266 e. The van der Waals surface area contributed by atoms with Gasteiger partial charge in [-0.25, -0.2) is 13.1 Å². The van der Waals surface area contributed by atoms with Crippen LogP contribution in [0.5, 0.6) is 0 Å². The van der Waals surface area contributed by atoms with Crippen molar-refractivity contribution in [1.82, 2.24) is 4.72 Å². The predicted molar refractivity (Wildman–Crippen MR) is 72.3 cm³/mol. The van der Waals surface area contributed by atoms with Gasteiger partial charge in [-0.3, -0.25) is 4.79 Å². The number of hydrogen-bond donors (Lipinski definition) is 2. The Kier molecular flexibility index (Phi) is 4.72. The Morgan fingerprint density at radius 1 is 1.33 bits per heavy atom. The molecule has 1 aromatic carbocycles. The van der Waals surface area contributed by atoms with Gasteiger partial charge < -0.3 is 5.32 Å². The van der Waals surface area contributed by atoms with Crippen molar-refractivity contribution in [3.8, 4) is 0 Å². The van der Waals surface area contributed by atoms with Crippen molar-refractivity contribution in [3.63, 3.8) is 0 Å². The molecule has 6 heteroatoms. The summed E-state index contributed by atoms with van der Waals surface area (Å²) in [7, 11) is -3.55. The van der Waals surface area contributed by atoms with Gasteiger partial charge in [0.25, 0.3) is 5.91 Å². The molecule has 1 amide bonds. The molecule has 18 heavy (non-hydrogen) atoms. The number of anilines is 1. The largest absolute Gasteiger partial charge is 0.384 e. The number of benzene rings is 1. The highest BCUT2D eigenvalue weighted by Gasteiger charge is 2.14. The molecule has 0 aliphatic heterocycles. The van der Waals surface area contributed by atoms with Gasteiger partial charge >= 0.3 is 0 Å². The second kappa shape index (κ2) is 5.86. The number of aryl methyl sites for hydroxylation is 1. The van der Waals surface area contributed by atoms with Crippen molar-refractivity contribution in [2.24, 2.45) is 0 Å². The SMILES string of the molecule is CCCNc1cc(C)ccc1C(=O)NS(C)(=O)=O. The van der Waals surface area contributed by atoms with Gasteiger partial charge in [0.1, 0.15) is 0 Å². The molecule has 100 valence electrons. The van der Waals surface area contributed by atoms with Gasteiger partial charge in [0.2, 0.25) is 10.0 Å². The van der Waals surface area contributed by atoms with Crippen LogP contribution in [0.3, 0.4) is 0 Å². The Morgan fingerprint density at radius 2 is 2.00 bits per heavy atom. The van der Waals surface area contributed by atoms with Gasteiger partial charge in [-0.05, 0) is 31.0 Å².